The SMILES string of the molecule is CN=C(NCc1ccc(C(=O)NCC(N)=O)cc1)NCc1ccc(F)cc1CSC. The van der Waals surface area contributed by atoms with Crippen LogP contribution in [0.15, 0.2) is 47.5 Å². The Hall–Kier alpha value is -3.07. The quantitative estimate of drug-likeness (QED) is 0.357. The van der Waals surface area contributed by atoms with Gasteiger partial charge in [0.05, 0.1) is 6.54 Å². The van der Waals surface area contributed by atoms with Crippen LogP contribution < -0.4 is 21.7 Å². The van der Waals surface area contributed by atoms with Crippen molar-refractivity contribution in [2.75, 3.05) is 19.8 Å². The van der Waals surface area contributed by atoms with Crippen LogP contribution in [-0.2, 0) is 23.6 Å². The molecule has 0 aliphatic carbocycles. The predicted octanol–water partition coefficient (Wildman–Crippen LogP) is 1.77. The molecule has 2 aromatic rings. The average Bonchev–Trinajstić information content (AvgIpc) is 2.74. The van der Waals surface area contributed by atoms with Gasteiger partial charge in [-0.2, -0.15) is 11.8 Å². The van der Waals surface area contributed by atoms with Crippen molar-refractivity contribution in [3.63, 3.8) is 0 Å². The second-order valence-corrected chi connectivity index (χ2v) is 7.34. The first-order valence-electron chi connectivity index (χ1n) is 9.29. The lowest BCUT2D eigenvalue weighted by Gasteiger charge is -2.14. The Labute approximate surface area is 179 Å². The van der Waals surface area contributed by atoms with E-state index in [1.165, 1.54) is 6.07 Å². The predicted molar refractivity (Wildman–Crippen MR) is 119 cm³/mol. The summed E-state index contributed by atoms with van der Waals surface area (Å²) in [6, 6.07) is 11.8. The number of nitrogens with one attached hydrogen (secondary N) is 3. The fourth-order valence-corrected chi connectivity index (χ4v) is 3.27. The fourth-order valence-electron chi connectivity index (χ4n) is 2.69. The fraction of sp³-hybridized carbons (Fsp3) is 0.286. The van der Waals surface area contributed by atoms with E-state index in [0.29, 0.717) is 24.6 Å². The smallest absolute Gasteiger partial charge is 0.251 e. The molecule has 0 saturated carbocycles. The Kier molecular flexibility index (Phi) is 9.14. The lowest BCUT2D eigenvalue weighted by atomic mass is 10.1. The molecule has 2 aromatic carbocycles. The van der Waals surface area contributed by atoms with Gasteiger partial charge in [-0.1, -0.05) is 18.2 Å². The summed E-state index contributed by atoms with van der Waals surface area (Å²) >= 11 is 1.64. The number of aliphatic imine (C=N–C) groups is 1. The molecule has 0 bridgehead atoms. The molecule has 30 heavy (non-hydrogen) atoms. The zero-order valence-corrected chi connectivity index (χ0v) is 17.8. The third-order valence-corrected chi connectivity index (χ3v) is 4.84. The van der Waals surface area contributed by atoms with Crippen molar-refractivity contribution >= 4 is 29.5 Å². The van der Waals surface area contributed by atoms with Crippen LogP contribution in [0, 0.1) is 5.82 Å². The monoisotopic (exact) mass is 431 g/mol. The molecule has 0 unspecified atom stereocenters. The zero-order valence-electron chi connectivity index (χ0n) is 17.0. The van der Waals surface area contributed by atoms with Gasteiger partial charge in [0, 0.05) is 31.5 Å². The lowest BCUT2D eigenvalue weighted by Crippen LogP contribution is -2.36. The van der Waals surface area contributed by atoms with Gasteiger partial charge in [0.2, 0.25) is 5.91 Å². The number of primary amides is 1. The molecule has 0 aliphatic rings. The van der Waals surface area contributed by atoms with E-state index in [4.69, 9.17) is 5.73 Å². The maximum absolute atomic E-state index is 13.5. The van der Waals surface area contributed by atoms with Crippen LogP contribution in [0.1, 0.15) is 27.0 Å². The standard InChI is InChI=1S/C21H26FN5O2S/c1-24-21(27-11-16-7-8-18(22)9-17(16)13-30-2)26-10-14-3-5-15(6-4-14)20(29)25-12-19(23)28/h3-9H,10-13H2,1-2H3,(H2,23,28)(H,25,29)(H2,24,26,27). The summed E-state index contributed by atoms with van der Waals surface area (Å²) < 4.78 is 13.5. The van der Waals surface area contributed by atoms with E-state index in [1.807, 2.05) is 18.4 Å². The van der Waals surface area contributed by atoms with E-state index in [2.05, 4.69) is 20.9 Å². The first kappa shape index (κ1) is 23.2. The Morgan fingerprint density at radius 2 is 1.73 bits per heavy atom. The van der Waals surface area contributed by atoms with Gasteiger partial charge in [-0.15, -0.1) is 0 Å². The molecule has 2 amide bonds. The molecule has 0 aliphatic heterocycles. The molecule has 5 N–H and O–H groups in total. The number of halogens is 1. The van der Waals surface area contributed by atoms with Gasteiger partial charge in [-0.25, -0.2) is 4.39 Å². The first-order chi connectivity index (χ1) is 14.4. The van der Waals surface area contributed by atoms with Crippen LogP contribution in [0.4, 0.5) is 4.39 Å². The van der Waals surface area contributed by atoms with Crippen molar-refractivity contribution in [2.45, 2.75) is 18.8 Å². The van der Waals surface area contributed by atoms with Crippen LogP contribution >= 0.6 is 11.8 Å². The number of nitrogens with two attached hydrogens (primary N) is 1. The van der Waals surface area contributed by atoms with Gasteiger partial charge in [0.15, 0.2) is 5.96 Å². The number of guanidine groups is 1. The Morgan fingerprint density at radius 3 is 2.37 bits per heavy atom. The van der Waals surface area contributed by atoms with Crippen LogP contribution in [0.5, 0.6) is 0 Å². The second kappa shape index (κ2) is 11.8. The minimum absolute atomic E-state index is 0.198. The Bertz CT molecular complexity index is 903. The molecular formula is C21H26FN5O2S. The van der Waals surface area contributed by atoms with Gasteiger partial charge >= 0.3 is 0 Å². The second-order valence-electron chi connectivity index (χ2n) is 6.47. The highest BCUT2D eigenvalue weighted by Gasteiger charge is 2.08. The maximum Gasteiger partial charge on any atom is 0.251 e. The number of nitrogens with zero attached hydrogens (tertiary/aromatic N) is 1. The molecular weight excluding hydrogens is 405 g/mol. The van der Waals surface area contributed by atoms with Crippen molar-refractivity contribution < 1.29 is 14.0 Å². The van der Waals surface area contributed by atoms with E-state index in [-0.39, 0.29) is 18.3 Å². The molecule has 0 spiro atoms. The summed E-state index contributed by atoms with van der Waals surface area (Å²) in [4.78, 5) is 26.8. The highest BCUT2D eigenvalue weighted by Crippen LogP contribution is 2.16. The van der Waals surface area contributed by atoms with E-state index >= 15 is 0 Å². The Morgan fingerprint density at radius 1 is 1.03 bits per heavy atom. The molecule has 7 nitrogen and oxygen atoms in total. The van der Waals surface area contributed by atoms with Gasteiger partial charge in [-0.05, 0) is 47.2 Å². The molecule has 0 radical (unpaired) electrons. The van der Waals surface area contributed by atoms with Crippen molar-refractivity contribution in [1.82, 2.24) is 16.0 Å². The number of rotatable bonds is 9. The lowest BCUT2D eigenvalue weighted by molar-refractivity contribution is -0.117. The van der Waals surface area contributed by atoms with E-state index in [9.17, 15) is 14.0 Å². The third-order valence-electron chi connectivity index (χ3n) is 4.24. The maximum atomic E-state index is 13.5. The van der Waals surface area contributed by atoms with Crippen LogP contribution in [0.3, 0.4) is 0 Å². The number of hydrogen-bond acceptors (Lipinski definition) is 4. The molecule has 9 heteroatoms. The molecule has 0 fully saturated rings. The molecule has 2 rings (SSSR count). The number of carbonyl (C=O) groups excluding carboxylic acids is 2. The van der Waals surface area contributed by atoms with E-state index in [1.54, 1.807) is 43.1 Å². The first-order valence-corrected chi connectivity index (χ1v) is 10.7. The summed E-state index contributed by atoms with van der Waals surface area (Å²) in [6.45, 7) is 0.829. The highest BCUT2D eigenvalue weighted by atomic mass is 32.2. The Balaban J connectivity index is 1.89. The van der Waals surface area contributed by atoms with Crippen molar-refractivity contribution in [3.05, 3.63) is 70.5 Å². The summed E-state index contributed by atoms with van der Waals surface area (Å²) in [5.74, 6) is 0.158. The van der Waals surface area contributed by atoms with Gasteiger partial charge < -0.3 is 21.7 Å². The van der Waals surface area contributed by atoms with Crippen LogP contribution in [0.2, 0.25) is 0 Å². The van der Waals surface area contributed by atoms with Gasteiger partial charge in [0.1, 0.15) is 5.82 Å². The van der Waals surface area contributed by atoms with Crippen molar-refractivity contribution in [1.29, 1.82) is 0 Å². The summed E-state index contributed by atoms with van der Waals surface area (Å²) in [6.07, 6.45) is 1.98. The van der Waals surface area contributed by atoms with Gasteiger partial charge in [0.25, 0.3) is 5.91 Å². The number of amides is 2. The number of benzene rings is 2. The van der Waals surface area contributed by atoms with E-state index < -0.39 is 5.91 Å². The third kappa shape index (κ3) is 7.40. The molecule has 0 heterocycles. The summed E-state index contributed by atoms with van der Waals surface area (Å²) in [5, 5.41) is 8.88. The van der Waals surface area contributed by atoms with Gasteiger partial charge in [-0.3, -0.25) is 14.6 Å². The summed E-state index contributed by atoms with van der Waals surface area (Å²) in [5.41, 5.74) is 8.38. The number of carbonyl (C=O) groups is 2. The van der Waals surface area contributed by atoms with Crippen LogP contribution in [0.25, 0.3) is 0 Å². The van der Waals surface area contributed by atoms with Crippen molar-refractivity contribution in [3.8, 4) is 0 Å². The van der Waals surface area contributed by atoms with Crippen molar-refractivity contribution in [2.24, 2.45) is 10.7 Å². The molecule has 160 valence electrons. The van der Waals surface area contributed by atoms with E-state index in [0.717, 1.165) is 22.4 Å². The average molecular weight is 432 g/mol. The molecule has 0 atom stereocenters. The summed E-state index contributed by atoms with van der Waals surface area (Å²) in [7, 11) is 1.68. The normalized spacial score (nSPS) is 11.1. The highest BCUT2D eigenvalue weighted by molar-refractivity contribution is 7.97. The largest absolute Gasteiger partial charge is 0.368 e. The zero-order chi connectivity index (χ0) is 21.9. The number of hydrogen-bond donors (Lipinski definition) is 4. The minimum atomic E-state index is -0.593. The molecule has 0 aromatic heterocycles. The topological polar surface area (TPSA) is 109 Å². The minimum Gasteiger partial charge on any atom is -0.368 e. The number of thioether (sulfide) groups is 1. The van der Waals surface area contributed by atoms with Crippen LogP contribution in [-0.4, -0.2) is 37.6 Å². The molecule has 0 saturated heterocycles.